The van der Waals surface area contributed by atoms with Crippen molar-refractivity contribution in [1.29, 1.82) is 0 Å². The lowest BCUT2D eigenvalue weighted by Crippen LogP contribution is -1.77. The highest BCUT2D eigenvalue weighted by Crippen LogP contribution is 2.01. The Morgan fingerprint density at radius 1 is 1.18 bits per heavy atom. The minimum atomic E-state index is -0.799. The summed E-state index contributed by atoms with van der Waals surface area (Å²) in [6.07, 6.45) is 0.750. The predicted molar refractivity (Wildman–Crippen MR) is 38.1 cm³/mol. The van der Waals surface area contributed by atoms with Crippen LogP contribution in [0, 0.1) is 11.6 Å². The molecular formula is C8H8F2O. The fraction of sp³-hybridized carbons (Fsp3) is 0.125. The summed E-state index contributed by atoms with van der Waals surface area (Å²) in [5.74, 6) is -1.60. The van der Waals surface area contributed by atoms with Gasteiger partial charge in [-0.25, -0.2) is 8.78 Å². The minimum absolute atomic E-state index is 0.750. The SMILES string of the molecule is CC=O.Fc1ccccc1F. The minimum Gasteiger partial charge on any atom is -0.304 e. The molecule has 0 N–H and O–H groups in total. The number of carbonyl (C=O) groups excluding carboxylic acids is 1. The van der Waals surface area contributed by atoms with Crippen LogP contribution in [0.25, 0.3) is 0 Å². The maximum absolute atomic E-state index is 11.9. The summed E-state index contributed by atoms with van der Waals surface area (Å²) in [5, 5.41) is 0. The van der Waals surface area contributed by atoms with E-state index in [0.29, 0.717) is 0 Å². The molecule has 0 fully saturated rings. The van der Waals surface area contributed by atoms with E-state index in [9.17, 15) is 8.78 Å². The number of carbonyl (C=O) groups is 1. The second-order valence-electron chi connectivity index (χ2n) is 1.65. The second kappa shape index (κ2) is 5.53. The first-order chi connectivity index (χ1) is 5.22. The largest absolute Gasteiger partial charge is 0.304 e. The molecule has 0 unspecified atom stereocenters. The lowest BCUT2D eigenvalue weighted by molar-refractivity contribution is -0.106. The van der Waals surface area contributed by atoms with E-state index in [2.05, 4.69) is 0 Å². The first kappa shape index (κ1) is 9.75. The zero-order chi connectivity index (χ0) is 8.69. The Morgan fingerprint density at radius 2 is 1.45 bits per heavy atom. The van der Waals surface area contributed by atoms with E-state index in [1.54, 1.807) is 0 Å². The maximum Gasteiger partial charge on any atom is 0.158 e. The molecule has 1 aromatic carbocycles. The third-order valence-corrected chi connectivity index (χ3v) is 0.824. The molecule has 0 spiro atoms. The van der Waals surface area contributed by atoms with Crippen molar-refractivity contribution in [1.82, 2.24) is 0 Å². The molecule has 0 aliphatic heterocycles. The summed E-state index contributed by atoms with van der Waals surface area (Å²) in [4.78, 5) is 8.81. The molecule has 1 rings (SSSR count). The molecule has 0 atom stereocenters. The van der Waals surface area contributed by atoms with Crippen molar-refractivity contribution >= 4 is 6.29 Å². The Bertz CT molecular complexity index is 202. The number of rotatable bonds is 0. The molecule has 0 aliphatic carbocycles. The molecule has 1 aromatic rings. The lowest BCUT2D eigenvalue weighted by Gasteiger charge is -1.85. The van der Waals surface area contributed by atoms with Gasteiger partial charge in [0, 0.05) is 0 Å². The van der Waals surface area contributed by atoms with Gasteiger partial charge in [0.1, 0.15) is 6.29 Å². The van der Waals surface area contributed by atoms with Gasteiger partial charge in [-0.2, -0.15) is 0 Å². The van der Waals surface area contributed by atoms with Gasteiger partial charge in [-0.3, -0.25) is 0 Å². The summed E-state index contributed by atoms with van der Waals surface area (Å²) in [5.41, 5.74) is 0. The number of hydrogen-bond acceptors (Lipinski definition) is 1. The number of halogens is 2. The van der Waals surface area contributed by atoms with Crippen molar-refractivity contribution in [3.05, 3.63) is 35.9 Å². The zero-order valence-electron chi connectivity index (χ0n) is 6.05. The van der Waals surface area contributed by atoms with Crippen LogP contribution in [0.3, 0.4) is 0 Å². The lowest BCUT2D eigenvalue weighted by atomic mass is 10.3. The van der Waals surface area contributed by atoms with Gasteiger partial charge in [-0.15, -0.1) is 0 Å². The molecule has 11 heavy (non-hydrogen) atoms. The molecule has 0 saturated heterocycles. The molecule has 0 bridgehead atoms. The monoisotopic (exact) mass is 158 g/mol. The van der Waals surface area contributed by atoms with E-state index in [1.165, 1.54) is 19.1 Å². The van der Waals surface area contributed by atoms with Crippen molar-refractivity contribution in [3.63, 3.8) is 0 Å². The van der Waals surface area contributed by atoms with Gasteiger partial charge >= 0.3 is 0 Å². The number of benzene rings is 1. The van der Waals surface area contributed by atoms with E-state index >= 15 is 0 Å². The van der Waals surface area contributed by atoms with Crippen LogP contribution in [0.5, 0.6) is 0 Å². The molecular weight excluding hydrogens is 150 g/mol. The van der Waals surface area contributed by atoms with Gasteiger partial charge in [0.25, 0.3) is 0 Å². The third-order valence-electron chi connectivity index (χ3n) is 0.824. The van der Waals surface area contributed by atoms with E-state index < -0.39 is 11.6 Å². The van der Waals surface area contributed by atoms with Gasteiger partial charge in [0.05, 0.1) is 0 Å². The van der Waals surface area contributed by atoms with Crippen molar-refractivity contribution in [2.24, 2.45) is 0 Å². The van der Waals surface area contributed by atoms with Crippen LogP contribution in [-0.2, 0) is 4.79 Å². The van der Waals surface area contributed by atoms with E-state index in [0.717, 1.165) is 18.4 Å². The van der Waals surface area contributed by atoms with Crippen LogP contribution in [0.2, 0.25) is 0 Å². The molecule has 0 radical (unpaired) electrons. The molecule has 0 aliphatic rings. The molecule has 0 heterocycles. The summed E-state index contributed by atoms with van der Waals surface area (Å²) < 4.78 is 23.9. The zero-order valence-corrected chi connectivity index (χ0v) is 6.05. The van der Waals surface area contributed by atoms with Gasteiger partial charge in [-0.05, 0) is 19.1 Å². The quantitative estimate of drug-likeness (QED) is 0.529. The second-order valence-corrected chi connectivity index (χ2v) is 1.65. The highest BCUT2D eigenvalue weighted by atomic mass is 19.2. The van der Waals surface area contributed by atoms with Crippen molar-refractivity contribution < 1.29 is 13.6 Å². The Labute approximate surface area is 63.7 Å². The van der Waals surface area contributed by atoms with Crippen LogP contribution in [0.4, 0.5) is 8.78 Å². The molecule has 60 valence electrons. The standard InChI is InChI=1S/C6H4F2.C2H4O/c7-5-3-1-2-4-6(5)8;1-2-3/h1-4H;2H,1H3. The van der Waals surface area contributed by atoms with Crippen molar-refractivity contribution in [2.45, 2.75) is 6.92 Å². The fourth-order valence-electron chi connectivity index (χ4n) is 0.439. The van der Waals surface area contributed by atoms with Gasteiger partial charge in [-0.1, -0.05) is 12.1 Å². The van der Waals surface area contributed by atoms with E-state index in [4.69, 9.17) is 4.79 Å². The highest BCUT2D eigenvalue weighted by molar-refractivity contribution is 5.44. The topological polar surface area (TPSA) is 17.1 Å². The summed E-state index contributed by atoms with van der Waals surface area (Å²) in [7, 11) is 0. The van der Waals surface area contributed by atoms with Crippen LogP contribution < -0.4 is 0 Å². The van der Waals surface area contributed by atoms with Gasteiger partial charge < -0.3 is 4.79 Å². The normalized spacial score (nSPS) is 7.91. The molecule has 0 aromatic heterocycles. The molecule has 3 heteroatoms. The summed E-state index contributed by atoms with van der Waals surface area (Å²) in [6, 6.07) is 5.04. The Kier molecular flexibility index (Phi) is 4.90. The highest BCUT2D eigenvalue weighted by Gasteiger charge is 1.93. The number of aldehydes is 1. The van der Waals surface area contributed by atoms with E-state index in [1.807, 2.05) is 0 Å². The molecule has 0 saturated carbocycles. The average Bonchev–Trinajstić information content (AvgIpc) is 1.97. The van der Waals surface area contributed by atoms with Crippen molar-refractivity contribution in [2.75, 3.05) is 0 Å². The smallest absolute Gasteiger partial charge is 0.158 e. The van der Waals surface area contributed by atoms with Crippen LogP contribution in [-0.4, -0.2) is 6.29 Å². The van der Waals surface area contributed by atoms with E-state index in [-0.39, 0.29) is 0 Å². The fourth-order valence-corrected chi connectivity index (χ4v) is 0.439. The summed E-state index contributed by atoms with van der Waals surface area (Å²) in [6.45, 7) is 1.44. The first-order valence-electron chi connectivity index (χ1n) is 3.02. The van der Waals surface area contributed by atoms with Crippen LogP contribution in [0.15, 0.2) is 24.3 Å². The predicted octanol–water partition coefficient (Wildman–Crippen LogP) is 2.17. The van der Waals surface area contributed by atoms with Crippen LogP contribution >= 0.6 is 0 Å². The third kappa shape index (κ3) is 4.19. The summed E-state index contributed by atoms with van der Waals surface area (Å²) >= 11 is 0. The maximum atomic E-state index is 11.9. The molecule has 0 amide bonds. The Morgan fingerprint density at radius 3 is 1.64 bits per heavy atom. The van der Waals surface area contributed by atoms with Crippen molar-refractivity contribution in [3.8, 4) is 0 Å². The number of hydrogen-bond donors (Lipinski definition) is 0. The van der Waals surface area contributed by atoms with Gasteiger partial charge in [0.2, 0.25) is 0 Å². The Hall–Kier alpha value is -1.25. The average molecular weight is 158 g/mol. The first-order valence-corrected chi connectivity index (χ1v) is 3.02. The van der Waals surface area contributed by atoms with Gasteiger partial charge in [0.15, 0.2) is 11.6 Å². The molecule has 1 nitrogen and oxygen atoms in total. The van der Waals surface area contributed by atoms with Crippen LogP contribution in [0.1, 0.15) is 6.92 Å². The Balaban J connectivity index is 0.000000292.